The average molecular weight is 245 g/mol. The van der Waals surface area contributed by atoms with Crippen LogP contribution in [0.5, 0.6) is 0 Å². The summed E-state index contributed by atoms with van der Waals surface area (Å²) in [6.07, 6.45) is 2.23. The molecule has 2 heterocycles. The van der Waals surface area contributed by atoms with Gasteiger partial charge in [-0.2, -0.15) is 0 Å². The minimum absolute atomic E-state index is 0.603. The van der Waals surface area contributed by atoms with E-state index in [1.165, 1.54) is 10.6 Å². The van der Waals surface area contributed by atoms with Crippen molar-refractivity contribution in [2.45, 2.75) is 18.8 Å². The Morgan fingerprint density at radius 1 is 1.12 bits per heavy atom. The summed E-state index contributed by atoms with van der Waals surface area (Å²) in [5, 5.41) is 3.44. The van der Waals surface area contributed by atoms with Crippen molar-refractivity contribution in [3.63, 3.8) is 0 Å². The van der Waals surface area contributed by atoms with Crippen LogP contribution >= 0.6 is 11.3 Å². The van der Waals surface area contributed by atoms with E-state index in [1.54, 1.807) is 11.3 Å². The smallest absolute Gasteiger partial charge is 0.0965 e. The Bertz CT molecular complexity index is 474. The highest BCUT2D eigenvalue weighted by atomic mass is 32.1. The summed E-state index contributed by atoms with van der Waals surface area (Å²) < 4.78 is 5.39. The summed E-state index contributed by atoms with van der Waals surface area (Å²) in [5.41, 5.74) is 2.32. The number of rotatable bonds is 2. The van der Waals surface area contributed by atoms with Gasteiger partial charge in [-0.3, -0.25) is 0 Å². The third kappa shape index (κ3) is 2.40. The Morgan fingerprint density at radius 2 is 1.88 bits per heavy atom. The first-order valence-corrected chi connectivity index (χ1v) is 6.90. The topological polar surface area (TPSA) is 22.1 Å². The van der Waals surface area contributed by atoms with Crippen LogP contribution in [0, 0.1) is 0 Å². The Kier molecular flexibility index (Phi) is 3.20. The van der Waals surface area contributed by atoms with Crippen LogP contribution in [0.3, 0.4) is 0 Å². The number of ether oxygens (including phenoxy) is 1. The summed E-state index contributed by atoms with van der Waals surface area (Å²) in [4.78, 5) is 4.77. The predicted molar refractivity (Wildman–Crippen MR) is 70.3 cm³/mol. The van der Waals surface area contributed by atoms with Gasteiger partial charge in [-0.1, -0.05) is 30.3 Å². The second-order valence-corrected chi connectivity index (χ2v) is 5.21. The number of benzene rings is 1. The van der Waals surface area contributed by atoms with Crippen LogP contribution in [-0.2, 0) is 4.74 Å². The number of thiazole rings is 1. The zero-order valence-corrected chi connectivity index (χ0v) is 10.5. The van der Waals surface area contributed by atoms with E-state index in [-0.39, 0.29) is 0 Å². The van der Waals surface area contributed by atoms with Gasteiger partial charge in [-0.05, 0) is 12.8 Å². The van der Waals surface area contributed by atoms with Gasteiger partial charge in [0.2, 0.25) is 0 Å². The van der Waals surface area contributed by atoms with Crippen molar-refractivity contribution in [3.8, 4) is 11.3 Å². The van der Waals surface area contributed by atoms with E-state index < -0.39 is 0 Å². The Balaban J connectivity index is 1.83. The van der Waals surface area contributed by atoms with Crippen molar-refractivity contribution in [2.24, 2.45) is 0 Å². The standard InChI is InChI=1S/C14H15NOS/c1-2-4-11(5-3-1)13-10-17-14(15-13)12-6-8-16-9-7-12/h1-5,10,12H,6-9H2. The van der Waals surface area contributed by atoms with Gasteiger partial charge in [0, 0.05) is 30.1 Å². The van der Waals surface area contributed by atoms with Gasteiger partial charge in [0.1, 0.15) is 0 Å². The molecule has 0 spiro atoms. The van der Waals surface area contributed by atoms with Gasteiger partial charge in [0.25, 0.3) is 0 Å². The van der Waals surface area contributed by atoms with E-state index in [2.05, 4.69) is 29.6 Å². The molecular formula is C14H15NOS. The van der Waals surface area contributed by atoms with Crippen molar-refractivity contribution in [3.05, 3.63) is 40.7 Å². The highest BCUT2D eigenvalue weighted by molar-refractivity contribution is 7.10. The molecular weight excluding hydrogens is 230 g/mol. The number of hydrogen-bond donors (Lipinski definition) is 0. The SMILES string of the molecule is c1ccc(-c2csc(C3CCOCC3)n2)cc1. The molecule has 1 aromatic carbocycles. The highest BCUT2D eigenvalue weighted by Crippen LogP contribution is 2.31. The van der Waals surface area contributed by atoms with Crippen molar-refractivity contribution < 1.29 is 4.74 Å². The average Bonchev–Trinajstić information content (AvgIpc) is 2.90. The minimum Gasteiger partial charge on any atom is -0.381 e. The van der Waals surface area contributed by atoms with Crippen LogP contribution in [0.25, 0.3) is 11.3 Å². The molecule has 1 aliphatic heterocycles. The quantitative estimate of drug-likeness (QED) is 0.804. The maximum atomic E-state index is 5.39. The van der Waals surface area contributed by atoms with Crippen LogP contribution < -0.4 is 0 Å². The molecule has 88 valence electrons. The summed E-state index contributed by atoms with van der Waals surface area (Å²) in [7, 11) is 0. The van der Waals surface area contributed by atoms with E-state index in [4.69, 9.17) is 9.72 Å². The molecule has 3 rings (SSSR count). The van der Waals surface area contributed by atoms with Crippen LogP contribution in [0.1, 0.15) is 23.8 Å². The van der Waals surface area contributed by atoms with Crippen molar-refractivity contribution in [2.75, 3.05) is 13.2 Å². The first-order valence-electron chi connectivity index (χ1n) is 6.02. The van der Waals surface area contributed by atoms with E-state index >= 15 is 0 Å². The normalized spacial score (nSPS) is 17.2. The zero-order valence-electron chi connectivity index (χ0n) is 9.63. The fraction of sp³-hybridized carbons (Fsp3) is 0.357. The summed E-state index contributed by atoms with van der Waals surface area (Å²) in [6.45, 7) is 1.76. The third-order valence-electron chi connectivity index (χ3n) is 3.16. The highest BCUT2D eigenvalue weighted by Gasteiger charge is 2.19. The summed E-state index contributed by atoms with van der Waals surface area (Å²) >= 11 is 1.78. The van der Waals surface area contributed by atoms with Gasteiger partial charge in [-0.25, -0.2) is 4.98 Å². The monoisotopic (exact) mass is 245 g/mol. The molecule has 1 aliphatic rings. The Hall–Kier alpha value is -1.19. The number of hydrogen-bond acceptors (Lipinski definition) is 3. The second kappa shape index (κ2) is 4.98. The first-order chi connectivity index (χ1) is 8.43. The van der Waals surface area contributed by atoms with Gasteiger partial charge in [0.15, 0.2) is 0 Å². The van der Waals surface area contributed by atoms with E-state index in [9.17, 15) is 0 Å². The molecule has 0 radical (unpaired) electrons. The fourth-order valence-electron chi connectivity index (χ4n) is 2.16. The minimum atomic E-state index is 0.603. The second-order valence-electron chi connectivity index (χ2n) is 4.32. The van der Waals surface area contributed by atoms with E-state index in [1.807, 2.05) is 6.07 Å². The summed E-state index contributed by atoms with van der Waals surface area (Å²) in [6, 6.07) is 10.4. The van der Waals surface area contributed by atoms with Crippen molar-refractivity contribution >= 4 is 11.3 Å². The van der Waals surface area contributed by atoms with E-state index in [0.29, 0.717) is 5.92 Å². The van der Waals surface area contributed by atoms with Crippen LogP contribution in [-0.4, -0.2) is 18.2 Å². The maximum Gasteiger partial charge on any atom is 0.0965 e. The lowest BCUT2D eigenvalue weighted by Gasteiger charge is -2.19. The summed E-state index contributed by atoms with van der Waals surface area (Å²) in [5.74, 6) is 0.603. The van der Waals surface area contributed by atoms with Crippen LogP contribution in [0.2, 0.25) is 0 Å². The van der Waals surface area contributed by atoms with Crippen LogP contribution in [0.4, 0.5) is 0 Å². The first kappa shape index (κ1) is 10.9. The molecule has 0 amide bonds. The molecule has 17 heavy (non-hydrogen) atoms. The Labute approximate surface area is 105 Å². The molecule has 0 saturated carbocycles. The number of nitrogens with zero attached hydrogens (tertiary/aromatic N) is 1. The number of aromatic nitrogens is 1. The van der Waals surface area contributed by atoms with Gasteiger partial charge in [0.05, 0.1) is 10.7 Å². The third-order valence-corrected chi connectivity index (χ3v) is 4.17. The van der Waals surface area contributed by atoms with Crippen molar-refractivity contribution in [1.82, 2.24) is 4.98 Å². The molecule has 1 saturated heterocycles. The van der Waals surface area contributed by atoms with Crippen molar-refractivity contribution in [1.29, 1.82) is 0 Å². The molecule has 0 atom stereocenters. The van der Waals surface area contributed by atoms with Gasteiger partial charge < -0.3 is 4.74 Å². The fourth-order valence-corrected chi connectivity index (χ4v) is 3.16. The predicted octanol–water partition coefficient (Wildman–Crippen LogP) is 3.70. The molecule has 0 unspecified atom stereocenters. The largest absolute Gasteiger partial charge is 0.381 e. The molecule has 3 heteroatoms. The van der Waals surface area contributed by atoms with E-state index in [0.717, 1.165) is 31.7 Å². The lowest BCUT2D eigenvalue weighted by atomic mass is 10.0. The van der Waals surface area contributed by atoms with Crippen LogP contribution in [0.15, 0.2) is 35.7 Å². The molecule has 1 fully saturated rings. The molecule has 0 N–H and O–H groups in total. The zero-order chi connectivity index (χ0) is 11.5. The maximum absolute atomic E-state index is 5.39. The molecule has 2 nitrogen and oxygen atoms in total. The molecule has 0 aliphatic carbocycles. The molecule has 2 aromatic rings. The Morgan fingerprint density at radius 3 is 2.65 bits per heavy atom. The lowest BCUT2D eigenvalue weighted by molar-refractivity contribution is 0.0853. The van der Waals surface area contributed by atoms with Gasteiger partial charge >= 0.3 is 0 Å². The molecule has 0 bridgehead atoms. The molecule has 1 aromatic heterocycles. The van der Waals surface area contributed by atoms with Gasteiger partial charge in [-0.15, -0.1) is 11.3 Å². The lowest BCUT2D eigenvalue weighted by Crippen LogP contribution is -2.13.